The maximum absolute atomic E-state index is 12.0. The number of nitrogens with one attached hydrogen (secondary N) is 1. The topological polar surface area (TPSA) is 38.3 Å². The van der Waals surface area contributed by atoms with Crippen molar-refractivity contribution >= 4 is 6.09 Å². The molecule has 0 radical (unpaired) electrons. The molecule has 0 unspecified atom stereocenters. The summed E-state index contributed by atoms with van der Waals surface area (Å²) >= 11 is 0. The van der Waals surface area contributed by atoms with Crippen LogP contribution in [0.5, 0.6) is 0 Å². The second kappa shape index (κ2) is 5.86. The van der Waals surface area contributed by atoms with E-state index in [1.807, 2.05) is 30.3 Å². The van der Waals surface area contributed by atoms with Crippen LogP contribution in [0.2, 0.25) is 0 Å². The van der Waals surface area contributed by atoms with Gasteiger partial charge in [-0.05, 0) is 42.6 Å². The number of carbonyl (C=O) groups is 1. The van der Waals surface area contributed by atoms with Crippen LogP contribution in [0.3, 0.4) is 0 Å². The van der Waals surface area contributed by atoms with Gasteiger partial charge in [0.25, 0.3) is 0 Å². The summed E-state index contributed by atoms with van der Waals surface area (Å²) in [5.41, 5.74) is 1.03. The number of amides is 1. The van der Waals surface area contributed by atoms with Gasteiger partial charge in [-0.3, -0.25) is 0 Å². The molecule has 3 rings (SSSR count). The molecule has 0 saturated heterocycles. The predicted octanol–water partition coefficient (Wildman–Crippen LogP) is 3.74. The van der Waals surface area contributed by atoms with Gasteiger partial charge in [-0.2, -0.15) is 0 Å². The maximum Gasteiger partial charge on any atom is 0.407 e. The normalized spacial score (nSPS) is 31.2. The smallest absolute Gasteiger partial charge is 0.407 e. The lowest BCUT2D eigenvalue weighted by Gasteiger charge is -2.30. The first-order valence-electron chi connectivity index (χ1n) is 7.75. The molecule has 2 fully saturated rings. The quantitative estimate of drug-likeness (QED) is 0.907. The molecule has 1 amide bonds. The summed E-state index contributed by atoms with van der Waals surface area (Å²) in [7, 11) is 0. The van der Waals surface area contributed by atoms with Gasteiger partial charge in [0.2, 0.25) is 0 Å². The van der Waals surface area contributed by atoms with Crippen molar-refractivity contribution < 1.29 is 9.53 Å². The van der Waals surface area contributed by atoms with Crippen LogP contribution >= 0.6 is 0 Å². The second-order valence-corrected chi connectivity index (χ2v) is 6.14. The highest BCUT2D eigenvalue weighted by Gasteiger charge is 2.47. The van der Waals surface area contributed by atoms with E-state index in [9.17, 15) is 4.79 Å². The molecule has 2 bridgehead atoms. The van der Waals surface area contributed by atoms with Crippen molar-refractivity contribution in [1.82, 2.24) is 5.32 Å². The molecule has 2 saturated carbocycles. The summed E-state index contributed by atoms with van der Waals surface area (Å²) < 4.78 is 5.34. The molecule has 4 atom stereocenters. The van der Waals surface area contributed by atoms with Crippen molar-refractivity contribution in [3.05, 3.63) is 35.9 Å². The summed E-state index contributed by atoms with van der Waals surface area (Å²) in [5.74, 6) is 2.15. The Hall–Kier alpha value is -1.51. The molecular weight excluding hydrogens is 250 g/mol. The summed E-state index contributed by atoms with van der Waals surface area (Å²) in [6.07, 6.45) is 4.81. The van der Waals surface area contributed by atoms with E-state index in [2.05, 4.69) is 12.2 Å². The molecular formula is C17H23NO2. The Kier molecular flexibility index (Phi) is 3.95. The lowest BCUT2D eigenvalue weighted by Crippen LogP contribution is -2.44. The first-order valence-corrected chi connectivity index (χ1v) is 7.75. The Morgan fingerprint density at radius 2 is 2.00 bits per heavy atom. The van der Waals surface area contributed by atoms with Gasteiger partial charge in [-0.15, -0.1) is 0 Å². The van der Waals surface area contributed by atoms with E-state index in [0.717, 1.165) is 17.9 Å². The summed E-state index contributed by atoms with van der Waals surface area (Å²) in [5, 5.41) is 3.12. The number of alkyl carbamates (subject to hydrolysis) is 1. The number of hydrogen-bond donors (Lipinski definition) is 1. The molecule has 2 aliphatic rings. The Morgan fingerprint density at radius 3 is 2.75 bits per heavy atom. The Bertz CT molecular complexity index is 459. The van der Waals surface area contributed by atoms with Gasteiger partial charge in [0.1, 0.15) is 6.61 Å². The summed E-state index contributed by atoms with van der Waals surface area (Å²) in [4.78, 5) is 12.0. The van der Waals surface area contributed by atoms with Crippen molar-refractivity contribution in [3.8, 4) is 0 Å². The van der Waals surface area contributed by atoms with Gasteiger partial charge >= 0.3 is 6.09 Å². The molecule has 3 heteroatoms. The highest BCUT2D eigenvalue weighted by Crippen LogP contribution is 2.49. The van der Waals surface area contributed by atoms with E-state index < -0.39 is 0 Å². The van der Waals surface area contributed by atoms with Crippen molar-refractivity contribution in [2.75, 3.05) is 0 Å². The third kappa shape index (κ3) is 2.67. The summed E-state index contributed by atoms with van der Waals surface area (Å²) in [6, 6.07) is 10.2. The third-order valence-electron chi connectivity index (χ3n) is 5.06. The molecule has 0 aromatic heterocycles. The van der Waals surface area contributed by atoms with Crippen LogP contribution in [0.25, 0.3) is 0 Å². The van der Waals surface area contributed by atoms with Crippen LogP contribution in [0, 0.1) is 17.8 Å². The van der Waals surface area contributed by atoms with Crippen LogP contribution < -0.4 is 5.32 Å². The molecule has 0 spiro atoms. The standard InChI is InChI=1S/C17H23NO2/c1-2-15-13-8-9-14(10-13)16(15)18-17(19)20-11-12-6-4-3-5-7-12/h3-7,13-16H,2,8-11H2,1H3,(H,18,19)/t13-,14+,15+,16+/m0/s1. The van der Waals surface area contributed by atoms with Crippen LogP contribution in [0.4, 0.5) is 4.79 Å². The molecule has 0 heterocycles. The Balaban J connectivity index is 1.51. The largest absolute Gasteiger partial charge is 0.445 e. The number of rotatable bonds is 4. The van der Waals surface area contributed by atoms with E-state index in [1.54, 1.807) is 0 Å². The predicted molar refractivity (Wildman–Crippen MR) is 78.2 cm³/mol. The lowest BCUT2D eigenvalue weighted by atomic mass is 9.83. The Labute approximate surface area is 120 Å². The van der Waals surface area contributed by atoms with Crippen molar-refractivity contribution in [1.29, 1.82) is 0 Å². The molecule has 1 N–H and O–H groups in total. The second-order valence-electron chi connectivity index (χ2n) is 6.14. The van der Waals surface area contributed by atoms with E-state index >= 15 is 0 Å². The van der Waals surface area contributed by atoms with E-state index in [0.29, 0.717) is 24.5 Å². The average Bonchev–Trinajstić information content (AvgIpc) is 3.07. The van der Waals surface area contributed by atoms with Crippen molar-refractivity contribution in [2.24, 2.45) is 17.8 Å². The minimum absolute atomic E-state index is 0.259. The number of ether oxygens (including phenoxy) is 1. The van der Waals surface area contributed by atoms with Gasteiger partial charge in [0, 0.05) is 6.04 Å². The monoisotopic (exact) mass is 273 g/mol. The lowest BCUT2D eigenvalue weighted by molar-refractivity contribution is 0.124. The molecule has 0 aliphatic heterocycles. The van der Waals surface area contributed by atoms with E-state index in [4.69, 9.17) is 4.74 Å². The fraction of sp³-hybridized carbons (Fsp3) is 0.588. The molecule has 1 aromatic rings. The highest BCUT2D eigenvalue weighted by molar-refractivity contribution is 5.67. The molecule has 108 valence electrons. The molecule has 2 aliphatic carbocycles. The van der Waals surface area contributed by atoms with Crippen molar-refractivity contribution in [3.63, 3.8) is 0 Å². The number of benzene rings is 1. The fourth-order valence-electron chi connectivity index (χ4n) is 4.12. The summed E-state index contributed by atoms with van der Waals surface area (Å²) in [6.45, 7) is 2.58. The van der Waals surface area contributed by atoms with Gasteiger partial charge < -0.3 is 10.1 Å². The highest BCUT2D eigenvalue weighted by atomic mass is 16.5. The molecule has 20 heavy (non-hydrogen) atoms. The van der Waals surface area contributed by atoms with Crippen LogP contribution in [0.1, 0.15) is 38.2 Å². The number of fused-ring (bicyclic) bond motifs is 2. The van der Waals surface area contributed by atoms with E-state index in [-0.39, 0.29) is 6.09 Å². The zero-order valence-electron chi connectivity index (χ0n) is 12.0. The van der Waals surface area contributed by atoms with Crippen LogP contribution in [-0.2, 0) is 11.3 Å². The van der Waals surface area contributed by atoms with Crippen LogP contribution in [0.15, 0.2) is 30.3 Å². The van der Waals surface area contributed by atoms with Crippen LogP contribution in [-0.4, -0.2) is 12.1 Å². The fourth-order valence-corrected chi connectivity index (χ4v) is 4.12. The number of hydrogen-bond acceptors (Lipinski definition) is 2. The van der Waals surface area contributed by atoms with Gasteiger partial charge in [0.05, 0.1) is 0 Å². The average molecular weight is 273 g/mol. The minimum Gasteiger partial charge on any atom is -0.445 e. The Morgan fingerprint density at radius 1 is 1.25 bits per heavy atom. The zero-order chi connectivity index (χ0) is 13.9. The van der Waals surface area contributed by atoms with Gasteiger partial charge in [0.15, 0.2) is 0 Å². The third-order valence-corrected chi connectivity index (χ3v) is 5.06. The first-order chi connectivity index (χ1) is 9.78. The van der Waals surface area contributed by atoms with Gasteiger partial charge in [-0.25, -0.2) is 4.79 Å². The van der Waals surface area contributed by atoms with E-state index in [1.165, 1.54) is 19.3 Å². The minimum atomic E-state index is -0.259. The molecule has 1 aromatic carbocycles. The number of carbonyl (C=O) groups excluding carboxylic acids is 1. The van der Waals surface area contributed by atoms with Gasteiger partial charge in [-0.1, -0.05) is 43.7 Å². The maximum atomic E-state index is 12.0. The first kappa shape index (κ1) is 13.5. The SMILES string of the molecule is CC[C@@H]1[C@H]2CC[C@H](C2)[C@H]1NC(=O)OCc1ccccc1. The van der Waals surface area contributed by atoms with Crippen molar-refractivity contribution in [2.45, 2.75) is 45.3 Å². The molecule has 3 nitrogen and oxygen atoms in total. The zero-order valence-corrected chi connectivity index (χ0v) is 12.0.